The van der Waals surface area contributed by atoms with E-state index in [-0.39, 0.29) is 0 Å². The summed E-state index contributed by atoms with van der Waals surface area (Å²) in [5, 5.41) is 9.00. The zero-order chi connectivity index (χ0) is 13.1. The van der Waals surface area contributed by atoms with Gasteiger partial charge >= 0.3 is 5.97 Å². The average molecular weight is 240 g/mol. The van der Waals surface area contributed by atoms with Crippen LogP contribution in [0.4, 0.5) is 0 Å². The molecule has 0 aliphatic carbocycles. The van der Waals surface area contributed by atoms with E-state index >= 15 is 0 Å². The molecule has 0 bridgehead atoms. The molecule has 0 saturated carbocycles. The molecule has 1 N–H and O–H groups in total. The highest BCUT2D eigenvalue weighted by atomic mass is 16.4. The number of carboxylic acid groups (broad SMARTS) is 1. The van der Waals surface area contributed by atoms with E-state index < -0.39 is 5.97 Å². The third-order valence-corrected chi connectivity index (χ3v) is 3.15. The van der Waals surface area contributed by atoms with Crippen LogP contribution < -0.4 is 0 Å². The Hall–Kier alpha value is -2.09. The molecule has 0 aliphatic heterocycles. The number of hydrogen-bond donors (Lipinski definition) is 1. The Kier molecular flexibility index (Phi) is 3.47. The molecule has 0 spiro atoms. The number of rotatable bonds is 3. The van der Waals surface area contributed by atoms with Crippen molar-refractivity contribution >= 4 is 5.97 Å². The van der Waals surface area contributed by atoms with E-state index in [1.54, 1.807) is 6.07 Å². The topological polar surface area (TPSA) is 37.3 Å². The van der Waals surface area contributed by atoms with Gasteiger partial charge in [-0.2, -0.15) is 0 Å². The van der Waals surface area contributed by atoms with Crippen LogP contribution in [0.1, 0.15) is 28.4 Å². The molecule has 0 heterocycles. The predicted molar refractivity (Wildman–Crippen MR) is 73.0 cm³/mol. The predicted octanol–water partition coefficient (Wildman–Crippen LogP) is 3.92. The Morgan fingerprint density at radius 2 is 1.67 bits per heavy atom. The summed E-state index contributed by atoms with van der Waals surface area (Å²) in [7, 11) is 0. The standard InChI is InChI=1S/C16H16O2/c1-3-12-4-6-13(7-5-12)14-8-9-15(16(17)18)11(2)10-14/h4-10H,3H2,1-2H3,(H,17,18). The monoisotopic (exact) mass is 240 g/mol. The summed E-state index contributed by atoms with van der Waals surface area (Å²) in [5.74, 6) is -0.875. The summed E-state index contributed by atoms with van der Waals surface area (Å²) in [6.07, 6.45) is 1.03. The molecule has 2 aromatic carbocycles. The maximum atomic E-state index is 11.0. The molecule has 2 heteroatoms. The van der Waals surface area contributed by atoms with E-state index in [0.29, 0.717) is 5.56 Å². The van der Waals surface area contributed by atoms with Crippen molar-refractivity contribution in [3.8, 4) is 11.1 Å². The summed E-state index contributed by atoms with van der Waals surface area (Å²) in [6, 6.07) is 13.8. The fraction of sp³-hybridized carbons (Fsp3) is 0.188. The fourth-order valence-corrected chi connectivity index (χ4v) is 2.02. The van der Waals surface area contributed by atoms with Gasteiger partial charge in [-0.05, 0) is 41.7 Å². The minimum atomic E-state index is -0.875. The number of carbonyl (C=O) groups is 1. The van der Waals surface area contributed by atoms with E-state index in [1.165, 1.54) is 5.56 Å². The molecule has 92 valence electrons. The molecule has 0 amide bonds. The van der Waals surface area contributed by atoms with E-state index in [1.807, 2.05) is 19.1 Å². The lowest BCUT2D eigenvalue weighted by Crippen LogP contribution is -1.99. The highest BCUT2D eigenvalue weighted by Crippen LogP contribution is 2.23. The summed E-state index contributed by atoms with van der Waals surface area (Å²) in [4.78, 5) is 11.0. The van der Waals surface area contributed by atoms with E-state index in [4.69, 9.17) is 5.11 Å². The molecule has 0 aliphatic rings. The van der Waals surface area contributed by atoms with Crippen molar-refractivity contribution in [1.82, 2.24) is 0 Å². The third kappa shape index (κ3) is 2.43. The smallest absolute Gasteiger partial charge is 0.335 e. The first-order chi connectivity index (χ1) is 8.61. The maximum Gasteiger partial charge on any atom is 0.335 e. The minimum Gasteiger partial charge on any atom is -0.478 e. The van der Waals surface area contributed by atoms with Gasteiger partial charge in [-0.25, -0.2) is 4.79 Å². The minimum absolute atomic E-state index is 0.365. The normalized spacial score (nSPS) is 10.3. The quantitative estimate of drug-likeness (QED) is 0.882. The van der Waals surface area contributed by atoms with Gasteiger partial charge in [-0.3, -0.25) is 0 Å². The molecule has 0 radical (unpaired) electrons. The molecule has 0 aromatic heterocycles. The van der Waals surface area contributed by atoms with Gasteiger partial charge < -0.3 is 5.11 Å². The Balaban J connectivity index is 2.39. The fourth-order valence-electron chi connectivity index (χ4n) is 2.02. The number of hydrogen-bond acceptors (Lipinski definition) is 1. The first-order valence-corrected chi connectivity index (χ1v) is 6.05. The van der Waals surface area contributed by atoms with Crippen LogP contribution in [0, 0.1) is 6.92 Å². The van der Waals surface area contributed by atoms with Crippen LogP contribution in [0.3, 0.4) is 0 Å². The molecular formula is C16H16O2. The van der Waals surface area contributed by atoms with Crippen LogP contribution in [0.25, 0.3) is 11.1 Å². The van der Waals surface area contributed by atoms with E-state index in [9.17, 15) is 4.79 Å². The van der Waals surface area contributed by atoms with Crippen molar-refractivity contribution < 1.29 is 9.90 Å². The lowest BCUT2D eigenvalue weighted by Gasteiger charge is -2.06. The highest BCUT2D eigenvalue weighted by Gasteiger charge is 2.07. The summed E-state index contributed by atoms with van der Waals surface area (Å²) < 4.78 is 0. The second-order valence-electron chi connectivity index (χ2n) is 4.39. The zero-order valence-corrected chi connectivity index (χ0v) is 10.6. The van der Waals surface area contributed by atoms with Crippen LogP contribution in [0.15, 0.2) is 42.5 Å². The second-order valence-corrected chi connectivity index (χ2v) is 4.39. The van der Waals surface area contributed by atoms with Crippen molar-refractivity contribution in [2.75, 3.05) is 0 Å². The van der Waals surface area contributed by atoms with Gasteiger partial charge in [0.15, 0.2) is 0 Å². The molecule has 2 nitrogen and oxygen atoms in total. The molecule has 18 heavy (non-hydrogen) atoms. The van der Waals surface area contributed by atoms with Crippen LogP contribution in [0.5, 0.6) is 0 Å². The van der Waals surface area contributed by atoms with Gasteiger partial charge in [0.25, 0.3) is 0 Å². The molecule has 0 unspecified atom stereocenters. The van der Waals surface area contributed by atoms with Crippen molar-refractivity contribution in [1.29, 1.82) is 0 Å². The summed E-state index contributed by atoms with van der Waals surface area (Å²) in [6.45, 7) is 3.95. The molecular weight excluding hydrogens is 224 g/mol. The highest BCUT2D eigenvalue weighted by molar-refractivity contribution is 5.90. The lowest BCUT2D eigenvalue weighted by molar-refractivity contribution is 0.0696. The average Bonchev–Trinajstić information content (AvgIpc) is 2.38. The van der Waals surface area contributed by atoms with E-state index in [0.717, 1.165) is 23.1 Å². The van der Waals surface area contributed by atoms with Gasteiger partial charge in [-0.15, -0.1) is 0 Å². The number of aromatic carboxylic acids is 1. The van der Waals surface area contributed by atoms with Crippen molar-refractivity contribution in [2.45, 2.75) is 20.3 Å². The molecule has 2 aromatic rings. The molecule has 0 saturated heterocycles. The first-order valence-electron chi connectivity index (χ1n) is 6.05. The zero-order valence-electron chi connectivity index (χ0n) is 10.6. The van der Waals surface area contributed by atoms with Gasteiger partial charge in [-0.1, -0.05) is 43.3 Å². The molecule has 2 rings (SSSR count). The largest absolute Gasteiger partial charge is 0.478 e. The number of carboxylic acids is 1. The van der Waals surface area contributed by atoms with Crippen LogP contribution in [0.2, 0.25) is 0 Å². The molecule has 0 fully saturated rings. The number of aryl methyl sites for hydroxylation is 2. The third-order valence-electron chi connectivity index (χ3n) is 3.15. The van der Waals surface area contributed by atoms with Crippen molar-refractivity contribution in [3.63, 3.8) is 0 Å². The Morgan fingerprint density at radius 1 is 1.06 bits per heavy atom. The second kappa shape index (κ2) is 5.05. The molecule has 0 atom stereocenters. The van der Waals surface area contributed by atoms with Crippen LogP contribution in [-0.4, -0.2) is 11.1 Å². The van der Waals surface area contributed by atoms with Gasteiger partial charge in [0, 0.05) is 0 Å². The lowest BCUT2D eigenvalue weighted by atomic mass is 9.99. The summed E-state index contributed by atoms with van der Waals surface area (Å²) in [5.41, 5.74) is 4.63. The van der Waals surface area contributed by atoms with Crippen LogP contribution >= 0.6 is 0 Å². The summed E-state index contributed by atoms with van der Waals surface area (Å²) >= 11 is 0. The van der Waals surface area contributed by atoms with Gasteiger partial charge in [0.05, 0.1) is 5.56 Å². The number of benzene rings is 2. The Morgan fingerprint density at radius 3 is 2.17 bits per heavy atom. The van der Waals surface area contributed by atoms with Crippen LogP contribution in [-0.2, 0) is 6.42 Å². The van der Waals surface area contributed by atoms with Crippen molar-refractivity contribution in [3.05, 3.63) is 59.2 Å². The van der Waals surface area contributed by atoms with E-state index in [2.05, 4.69) is 31.2 Å². The first kappa shape index (κ1) is 12.4. The Labute approximate surface area is 107 Å². The Bertz CT molecular complexity index is 568. The maximum absolute atomic E-state index is 11.0. The SMILES string of the molecule is CCc1ccc(-c2ccc(C(=O)O)c(C)c2)cc1. The van der Waals surface area contributed by atoms with Gasteiger partial charge in [0.2, 0.25) is 0 Å². The van der Waals surface area contributed by atoms with Gasteiger partial charge in [0.1, 0.15) is 0 Å². The van der Waals surface area contributed by atoms with Crippen molar-refractivity contribution in [2.24, 2.45) is 0 Å².